The number of likely N-dealkylation sites (N-methyl/N-ethyl adjacent to an activating group) is 2. The molecule has 0 aromatic heterocycles. The number of hydrogen-bond donors (Lipinski definition) is 2. The van der Waals surface area contributed by atoms with Crippen LogP contribution < -0.4 is 10.6 Å². The smallest absolute Gasteiger partial charge is 0.243 e. The van der Waals surface area contributed by atoms with Gasteiger partial charge in [-0.25, -0.2) is 13.8 Å². The molecule has 1 aromatic carbocycles. The van der Waals surface area contributed by atoms with E-state index < -0.39 is 11.6 Å². The molecule has 9 heteroatoms. The summed E-state index contributed by atoms with van der Waals surface area (Å²) < 4.78 is 27.1. The fraction of sp³-hybridized carbons (Fsp3) is 0.600. The van der Waals surface area contributed by atoms with Gasteiger partial charge in [-0.1, -0.05) is 6.92 Å². The molecule has 1 saturated heterocycles. The fourth-order valence-electron chi connectivity index (χ4n) is 3.27. The van der Waals surface area contributed by atoms with E-state index in [4.69, 9.17) is 0 Å². The third-order valence-corrected chi connectivity index (χ3v) is 4.98. The Morgan fingerprint density at radius 3 is 2.76 bits per heavy atom. The van der Waals surface area contributed by atoms with Gasteiger partial charge in [-0.05, 0) is 56.1 Å². The highest BCUT2D eigenvalue weighted by atomic mass is 127. The van der Waals surface area contributed by atoms with Gasteiger partial charge < -0.3 is 15.5 Å². The largest absolute Gasteiger partial charge is 0.356 e. The van der Waals surface area contributed by atoms with E-state index in [0.29, 0.717) is 30.5 Å². The molecule has 2 N–H and O–H groups in total. The molecule has 1 unspecified atom stereocenters. The molecule has 1 aliphatic heterocycles. The Balaban J connectivity index is 0.00000420. The van der Waals surface area contributed by atoms with Crippen molar-refractivity contribution in [2.24, 2.45) is 4.99 Å². The maximum atomic E-state index is 13.8. The Bertz CT molecular complexity index is 687. The van der Waals surface area contributed by atoms with Gasteiger partial charge in [-0.3, -0.25) is 9.69 Å². The number of nitrogens with zero attached hydrogens (tertiary/aromatic N) is 3. The van der Waals surface area contributed by atoms with Crippen LogP contribution in [-0.2, 0) is 11.2 Å². The second-order valence-corrected chi connectivity index (χ2v) is 7.17. The lowest BCUT2D eigenvalue weighted by atomic mass is 10.1. The molecule has 1 atom stereocenters. The van der Waals surface area contributed by atoms with Crippen LogP contribution in [0.15, 0.2) is 23.2 Å². The van der Waals surface area contributed by atoms with E-state index in [1.165, 1.54) is 17.4 Å². The lowest BCUT2D eigenvalue weighted by Crippen LogP contribution is -2.45. The topological polar surface area (TPSA) is 60.0 Å². The SMILES string of the molecule is CCN1CCCC1CNC(=NCC(=O)N(C)C)NCCc1cc(F)ccc1F.I. The van der Waals surface area contributed by atoms with Crippen LogP contribution in [0.2, 0.25) is 0 Å². The van der Waals surface area contributed by atoms with Crippen LogP contribution in [0, 0.1) is 11.6 Å². The molecule has 6 nitrogen and oxygen atoms in total. The molecule has 0 bridgehead atoms. The minimum Gasteiger partial charge on any atom is -0.356 e. The Morgan fingerprint density at radius 1 is 1.31 bits per heavy atom. The average molecular weight is 523 g/mol. The van der Waals surface area contributed by atoms with Gasteiger partial charge in [0.05, 0.1) is 0 Å². The Labute approximate surface area is 189 Å². The number of benzene rings is 1. The molecular formula is C20H32F2IN5O. The number of likely N-dealkylation sites (tertiary alicyclic amines) is 1. The van der Waals surface area contributed by atoms with Crippen molar-refractivity contribution in [2.45, 2.75) is 32.2 Å². The molecule has 1 aromatic rings. The average Bonchev–Trinajstić information content (AvgIpc) is 3.13. The van der Waals surface area contributed by atoms with Crippen molar-refractivity contribution >= 4 is 35.8 Å². The summed E-state index contributed by atoms with van der Waals surface area (Å²) in [5.41, 5.74) is 0.309. The highest BCUT2D eigenvalue weighted by molar-refractivity contribution is 14.0. The molecule has 1 heterocycles. The molecule has 0 saturated carbocycles. The van der Waals surface area contributed by atoms with Crippen LogP contribution in [0.3, 0.4) is 0 Å². The fourth-order valence-corrected chi connectivity index (χ4v) is 3.27. The van der Waals surface area contributed by atoms with Crippen LogP contribution in [0.5, 0.6) is 0 Å². The lowest BCUT2D eigenvalue weighted by Gasteiger charge is -2.24. The van der Waals surface area contributed by atoms with E-state index >= 15 is 0 Å². The van der Waals surface area contributed by atoms with Gasteiger partial charge >= 0.3 is 0 Å². The molecule has 1 fully saturated rings. The van der Waals surface area contributed by atoms with Crippen LogP contribution >= 0.6 is 24.0 Å². The number of carbonyl (C=O) groups is 1. The van der Waals surface area contributed by atoms with Crippen LogP contribution in [0.4, 0.5) is 8.78 Å². The maximum Gasteiger partial charge on any atom is 0.243 e. The summed E-state index contributed by atoms with van der Waals surface area (Å²) in [6, 6.07) is 3.87. The zero-order chi connectivity index (χ0) is 20.5. The zero-order valence-electron chi connectivity index (χ0n) is 17.4. The van der Waals surface area contributed by atoms with E-state index in [9.17, 15) is 13.6 Å². The van der Waals surface area contributed by atoms with Crippen molar-refractivity contribution < 1.29 is 13.6 Å². The minimum absolute atomic E-state index is 0. The number of rotatable bonds is 8. The highest BCUT2D eigenvalue weighted by Gasteiger charge is 2.22. The van der Waals surface area contributed by atoms with Gasteiger partial charge in [0.25, 0.3) is 0 Å². The van der Waals surface area contributed by atoms with E-state index in [-0.39, 0.29) is 36.4 Å². The van der Waals surface area contributed by atoms with Gasteiger partial charge in [-0.15, -0.1) is 24.0 Å². The minimum atomic E-state index is -0.458. The number of aliphatic imine (C=N–C) groups is 1. The van der Waals surface area contributed by atoms with E-state index in [2.05, 4.69) is 27.4 Å². The lowest BCUT2D eigenvalue weighted by molar-refractivity contribution is -0.127. The Kier molecular flexibility index (Phi) is 11.4. The summed E-state index contributed by atoms with van der Waals surface area (Å²) >= 11 is 0. The summed E-state index contributed by atoms with van der Waals surface area (Å²) in [4.78, 5) is 20.1. The highest BCUT2D eigenvalue weighted by Crippen LogP contribution is 2.15. The van der Waals surface area contributed by atoms with Gasteiger partial charge in [0.1, 0.15) is 18.2 Å². The summed E-state index contributed by atoms with van der Waals surface area (Å²) in [5.74, 6) is -0.480. The van der Waals surface area contributed by atoms with Crippen LogP contribution in [0.1, 0.15) is 25.3 Å². The number of guanidine groups is 1. The first kappa shape index (κ1) is 25.5. The Morgan fingerprint density at radius 2 is 2.07 bits per heavy atom. The van der Waals surface area contributed by atoms with Crippen molar-refractivity contribution in [3.63, 3.8) is 0 Å². The van der Waals surface area contributed by atoms with Crippen molar-refractivity contribution in [3.05, 3.63) is 35.4 Å². The molecule has 1 amide bonds. The predicted molar refractivity (Wildman–Crippen MR) is 123 cm³/mol. The molecule has 0 radical (unpaired) electrons. The number of nitrogens with one attached hydrogen (secondary N) is 2. The quantitative estimate of drug-likeness (QED) is 0.312. The van der Waals surface area contributed by atoms with Gasteiger partial charge in [-0.2, -0.15) is 0 Å². The molecule has 1 aliphatic rings. The molecule has 2 rings (SSSR count). The second kappa shape index (κ2) is 12.9. The standard InChI is InChI=1S/C20H31F2N5O.HI/c1-4-27-11-5-6-17(27)13-24-20(25-14-19(28)26(2)3)23-10-9-15-12-16(21)7-8-18(15)22;/h7-8,12,17H,4-6,9-11,13-14H2,1-3H3,(H2,23,24,25);1H. The third kappa shape index (κ3) is 8.41. The first-order valence-electron chi connectivity index (χ1n) is 9.81. The van der Waals surface area contributed by atoms with Gasteiger partial charge in [0.15, 0.2) is 5.96 Å². The maximum absolute atomic E-state index is 13.8. The summed E-state index contributed by atoms with van der Waals surface area (Å²) in [5, 5.41) is 6.42. The third-order valence-electron chi connectivity index (χ3n) is 4.98. The van der Waals surface area contributed by atoms with Gasteiger partial charge in [0.2, 0.25) is 5.91 Å². The Hall–Kier alpha value is -1.49. The first-order chi connectivity index (χ1) is 13.4. The molecule has 0 spiro atoms. The summed E-state index contributed by atoms with van der Waals surface area (Å²) in [6.45, 7) is 5.38. The molecule has 0 aliphatic carbocycles. The second-order valence-electron chi connectivity index (χ2n) is 7.17. The predicted octanol–water partition coefficient (Wildman–Crippen LogP) is 2.23. The molecular weight excluding hydrogens is 491 g/mol. The molecule has 29 heavy (non-hydrogen) atoms. The monoisotopic (exact) mass is 523 g/mol. The first-order valence-corrected chi connectivity index (χ1v) is 9.81. The van der Waals surface area contributed by atoms with E-state index in [1.807, 2.05) is 0 Å². The van der Waals surface area contributed by atoms with E-state index in [1.54, 1.807) is 14.1 Å². The van der Waals surface area contributed by atoms with E-state index in [0.717, 1.165) is 38.2 Å². The molecule has 164 valence electrons. The van der Waals surface area contributed by atoms with Crippen LogP contribution in [-0.4, -0.2) is 74.5 Å². The van der Waals surface area contributed by atoms with Gasteiger partial charge in [0, 0.05) is 33.2 Å². The number of halogens is 3. The zero-order valence-corrected chi connectivity index (χ0v) is 19.7. The van der Waals surface area contributed by atoms with Crippen molar-refractivity contribution in [2.75, 3.05) is 46.8 Å². The number of amides is 1. The number of hydrogen-bond acceptors (Lipinski definition) is 3. The number of carbonyl (C=O) groups excluding carboxylic acids is 1. The summed E-state index contributed by atoms with van der Waals surface area (Å²) in [7, 11) is 3.37. The normalized spacial score (nSPS) is 17.0. The van der Waals surface area contributed by atoms with Crippen molar-refractivity contribution in [1.82, 2.24) is 20.4 Å². The van der Waals surface area contributed by atoms with Crippen molar-refractivity contribution in [1.29, 1.82) is 0 Å². The van der Waals surface area contributed by atoms with Crippen molar-refractivity contribution in [3.8, 4) is 0 Å². The van der Waals surface area contributed by atoms with Crippen LogP contribution in [0.25, 0.3) is 0 Å². The summed E-state index contributed by atoms with van der Waals surface area (Å²) in [6.07, 6.45) is 2.62.